The summed E-state index contributed by atoms with van der Waals surface area (Å²) >= 11 is 18.1. The Bertz CT molecular complexity index is 965. The number of thioether (sulfide) groups is 1. The summed E-state index contributed by atoms with van der Waals surface area (Å²) in [6, 6.07) is 6.98. The quantitative estimate of drug-likeness (QED) is 0.532. The van der Waals surface area contributed by atoms with Crippen molar-refractivity contribution in [2.45, 2.75) is 0 Å². The molecule has 2 aromatic rings. The van der Waals surface area contributed by atoms with Crippen molar-refractivity contribution in [1.82, 2.24) is 0 Å². The van der Waals surface area contributed by atoms with E-state index >= 15 is 0 Å². The molecule has 1 aliphatic rings. The molecule has 134 valence electrons. The topological polar surface area (TPSA) is 49.8 Å². The fraction of sp³-hybridized carbons (Fsp3) is 0.0588. The van der Waals surface area contributed by atoms with Crippen LogP contribution in [0.25, 0.3) is 6.08 Å². The number of hydrogen-bond donors (Lipinski definition) is 1. The van der Waals surface area contributed by atoms with E-state index in [4.69, 9.17) is 40.2 Å². The Balaban J connectivity index is 1.97. The van der Waals surface area contributed by atoms with E-state index in [1.54, 1.807) is 12.1 Å². The molecular formula is C17H10Cl2FNO3S2. The first-order valence-electron chi connectivity index (χ1n) is 7.11. The number of halogens is 3. The number of amides is 1. The average Bonchev–Trinajstić information content (AvgIpc) is 2.87. The molecule has 1 aliphatic heterocycles. The van der Waals surface area contributed by atoms with E-state index in [0.717, 1.165) is 11.8 Å². The zero-order valence-corrected chi connectivity index (χ0v) is 16.3. The van der Waals surface area contributed by atoms with Crippen molar-refractivity contribution < 1.29 is 19.0 Å². The standard InChI is InChI=1S/C17H10Cl2FNO3S2/c1-24-13-5-8(4-11(19)15(13)22)6-14-16(23)21(17(25)26-14)9-2-3-12(20)10(18)7-9/h2-7,22H,1H3/b14-6+. The maximum Gasteiger partial charge on any atom is 0.270 e. The zero-order chi connectivity index (χ0) is 19.0. The fourth-order valence-corrected chi connectivity index (χ4v) is 3.99. The van der Waals surface area contributed by atoms with Gasteiger partial charge in [0, 0.05) is 0 Å². The van der Waals surface area contributed by atoms with Crippen molar-refractivity contribution in [2.75, 3.05) is 12.0 Å². The third kappa shape index (κ3) is 3.53. The van der Waals surface area contributed by atoms with Gasteiger partial charge in [-0.3, -0.25) is 9.69 Å². The van der Waals surface area contributed by atoms with Crippen molar-refractivity contribution in [3.05, 3.63) is 56.7 Å². The van der Waals surface area contributed by atoms with Crippen molar-refractivity contribution >= 4 is 69.2 Å². The number of carbonyl (C=O) groups excluding carboxylic acids is 1. The monoisotopic (exact) mass is 429 g/mol. The molecule has 0 unspecified atom stereocenters. The number of aromatic hydroxyl groups is 1. The third-order valence-electron chi connectivity index (χ3n) is 3.52. The molecule has 1 amide bonds. The van der Waals surface area contributed by atoms with Crippen LogP contribution in [0.15, 0.2) is 35.2 Å². The van der Waals surface area contributed by atoms with Gasteiger partial charge in [-0.1, -0.05) is 47.2 Å². The Morgan fingerprint density at radius 3 is 2.65 bits per heavy atom. The lowest BCUT2D eigenvalue weighted by molar-refractivity contribution is -0.113. The molecule has 0 radical (unpaired) electrons. The summed E-state index contributed by atoms with van der Waals surface area (Å²) in [5.74, 6) is -0.947. The van der Waals surface area contributed by atoms with Crippen LogP contribution in [0.4, 0.5) is 10.1 Å². The normalized spacial score (nSPS) is 15.8. The highest BCUT2D eigenvalue weighted by Crippen LogP contribution is 2.39. The van der Waals surface area contributed by atoms with Crippen LogP contribution in [-0.2, 0) is 4.79 Å². The summed E-state index contributed by atoms with van der Waals surface area (Å²) < 4.78 is 18.7. The second kappa shape index (κ2) is 7.44. The van der Waals surface area contributed by atoms with Crippen LogP contribution in [0.2, 0.25) is 10.0 Å². The van der Waals surface area contributed by atoms with Gasteiger partial charge in [-0.2, -0.15) is 0 Å². The summed E-state index contributed by atoms with van der Waals surface area (Å²) in [7, 11) is 1.40. The molecule has 1 heterocycles. The van der Waals surface area contributed by atoms with Crippen LogP contribution >= 0.6 is 47.2 Å². The molecule has 0 spiro atoms. The fourth-order valence-electron chi connectivity index (χ4n) is 2.30. The lowest BCUT2D eigenvalue weighted by Gasteiger charge is -2.14. The smallest absolute Gasteiger partial charge is 0.270 e. The molecular weight excluding hydrogens is 420 g/mol. The predicted molar refractivity (Wildman–Crippen MR) is 107 cm³/mol. The van der Waals surface area contributed by atoms with Gasteiger partial charge in [0.25, 0.3) is 5.91 Å². The van der Waals surface area contributed by atoms with E-state index in [-0.39, 0.29) is 27.5 Å². The van der Waals surface area contributed by atoms with Gasteiger partial charge in [0.2, 0.25) is 0 Å². The van der Waals surface area contributed by atoms with E-state index in [1.165, 1.54) is 36.3 Å². The Morgan fingerprint density at radius 2 is 2.00 bits per heavy atom. The highest BCUT2D eigenvalue weighted by atomic mass is 35.5. The molecule has 4 nitrogen and oxygen atoms in total. The number of carbonyl (C=O) groups is 1. The first-order valence-corrected chi connectivity index (χ1v) is 9.09. The van der Waals surface area contributed by atoms with Crippen LogP contribution in [0.3, 0.4) is 0 Å². The molecule has 0 atom stereocenters. The number of thiocarbonyl (C=S) groups is 1. The van der Waals surface area contributed by atoms with E-state index in [0.29, 0.717) is 20.5 Å². The first kappa shape index (κ1) is 19.0. The summed E-state index contributed by atoms with van der Waals surface area (Å²) in [5.41, 5.74) is 0.936. The van der Waals surface area contributed by atoms with Crippen LogP contribution in [0, 0.1) is 5.82 Å². The van der Waals surface area contributed by atoms with Gasteiger partial charge in [0.15, 0.2) is 15.8 Å². The highest BCUT2D eigenvalue weighted by Gasteiger charge is 2.33. The van der Waals surface area contributed by atoms with E-state index in [2.05, 4.69) is 0 Å². The minimum absolute atomic E-state index is 0.0939. The molecule has 0 bridgehead atoms. The molecule has 0 aliphatic carbocycles. The van der Waals surface area contributed by atoms with Gasteiger partial charge >= 0.3 is 0 Å². The van der Waals surface area contributed by atoms with Gasteiger partial charge in [-0.05, 0) is 42.0 Å². The van der Waals surface area contributed by atoms with Crippen LogP contribution in [0.1, 0.15) is 5.56 Å². The average molecular weight is 430 g/mol. The lowest BCUT2D eigenvalue weighted by Crippen LogP contribution is -2.27. The maximum absolute atomic E-state index is 13.4. The van der Waals surface area contributed by atoms with Gasteiger partial charge in [-0.25, -0.2) is 4.39 Å². The zero-order valence-electron chi connectivity index (χ0n) is 13.1. The van der Waals surface area contributed by atoms with Crippen LogP contribution in [-0.4, -0.2) is 22.4 Å². The number of phenols is 1. The third-order valence-corrected chi connectivity index (χ3v) is 5.40. The summed E-state index contributed by atoms with van der Waals surface area (Å²) in [4.78, 5) is 14.3. The second-order valence-corrected chi connectivity index (χ2v) is 7.66. The number of nitrogens with zero attached hydrogens (tertiary/aromatic N) is 1. The van der Waals surface area contributed by atoms with Crippen molar-refractivity contribution in [1.29, 1.82) is 0 Å². The highest BCUT2D eigenvalue weighted by molar-refractivity contribution is 8.27. The Morgan fingerprint density at radius 1 is 1.27 bits per heavy atom. The molecule has 3 rings (SSSR count). The van der Waals surface area contributed by atoms with Crippen molar-refractivity contribution in [2.24, 2.45) is 0 Å². The lowest BCUT2D eigenvalue weighted by atomic mass is 10.1. The van der Waals surface area contributed by atoms with E-state index in [9.17, 15) is 14.3 Å². The minimum atomic E-state index is -0.581. The van der Waals surface area contributed by atoms with Gasteiger partial charge in [0.05, 0.1) is 27.7 Å². The minimum Gasteiger partial charge on any atom is -0.503 e. The number of anilines is 1. The largest absolute Gasteiger partial charge is 0.503 e. The molecule has 2 aromatic carbocycles. The SMILES string of the molecule is COc1cc(/C=C2/SC(=S)N(c3ccc(F)c(Cl)c3)C2=O)cc(Cl)c1O. The Kier molecular flexibility index (Phi) is 5.43. The molecule has 26 heavy (non-hydrogen) atoms. The number of methoxy groups -OCH3 is 1. The summed E-state index contributed by atoms with van der Waals surface area (Å²) in [6.07, 6.45) is 1.58. The van der Waals surface area contributed by atoms with Gasteiger partial charge in [0.1, 0.15) is 5.82 Å². The molecule has 1 saturated heterocycles. The Hall–Kier alpha value is -1.80. The van der Waals surface area contributed by atoms with Crippen LogP contribution in [0.5, 0.6) is 11.5 Å². The summed E-state index contributed by atoms with van der Waals surface area (Å²) in [5, 5.41) is 9.79. The molecule has 9 heteroatoms. The number of benzene rings is 2. The number of rotatable bonds is 3. The first-order chi connectivity index (χ1) is 12.3. The van der Waals surface area contributed by atoms with Gasteiger partial charge in [-0.15, -0.1) is 0 Å². The predicted octanol–water partition coefficient (Wildman–Crippen LogP) is 5.25. The Labute approximate surface area is 168 Å². The maximum atomic E-state index is 13.4. The molecule has 0 saturated carbocycles. The molecule has 0 aromatic heterocycles. The number of ether oxygens (including phenoxy) is 1. The second-order valence-electron chi connectivity index (χ2n) is 5.17. The van der Waals surface area contributed by atoms with Crippen LogP contribution < -0.4 is 9.64 Å². The number of phenolic OH excluding ortho intramolecular Hbond substituents is 1. The summed E-state index contributed by atoms with van der Waals surface area (Å²) in [6.45, 7) is 0. The van der Waals surface area contributed by atoms with Crippen molar-refractivity contribution in [3.63, 3.8) is 0 Å². The molecule has 1 N–H and O–H groups in total. The van der Waals surface area contributed by atoms with Gasteiger partial charge < -0.3 is 9.84 Å². The number of hydrogen-bond acceptors (Lipinski definition) is 5. The van der Waals surface area contributed by atoms with E-state index in [1.807, 2.05) is 0 Å². The molecule has 1 fully saturated rings. The van der Waals surface area contributed by atoms with E-state index < -0.39 is 5.82 Å². The van der Waals surface area contributed by atoms with Crippen molar-refractivity contribution in [3.8, 4) is 11.5 Å².